The third kappa shape index (κ3) is 6.82. The number of amides is 2. The molecule has 3 N–H and O–H groups in total. The van der Waals surface area contributed by atoms with E-state index >= 15 is 0 Å². The lowest BCUT2D eigenvalue weighted by Crippen LogP contribution is -2.45. The van der Waals surface area contributed by atoms with Crippen LogP contribution in [-0.2, 0) is 15.8 Å². The molecular formula is C16H19F3N2O4. The summed E-state index contributed by atoms with van der Waals surface area (Å²) in [6.07, 6.45) is -2.84. The lowest BCUT2D eigenvalue weighted by Gasteiger charge is -2.14. The Morgan fingerprint density at radius 2 is 1.76 bits per heavy atom. The van der Waals surface area contributed by atoms with Gasteiger partial charge >= 0.3 is 12.1 Å². The molecule has 1 aromatic carbocycles. The fourth-order valence-corrected chi connectivity index (χ4v) is 1.98. The van der Waals surface area contributed by atoms with Crippen LogP contribution in [0, 0.1) is 0 Å². The number of carboxylic acid groups (broad SMARTS) is 1. The van der Waals surface area contributed by atoms with Crippen LogP contribution in [0.1, 0.15) is 42.1 Å². The summed E-state index contributed by atoms with van der Waals surface area (Å²) in [5.74, 6) is -2.59. The fourth-order valence-electron chi connectivity index (χ4n) is 1.98. The molecule has 6 nitrogen and oxygen atoms in total. The number of carboxylic acids is 1. The van der Waals surface area contributed by atoms with Crippen molar-refractivity contribution in [2.75, 3.05) is 6.54 Å². The number of aliphatic carboxylic acids is 1. The number of benzene rings is 1. The minimum absolute atomic E-state index is 0.0402. The van der Waals surface area contributed by atoms with Crippen LogP contribution in [0.3, 0.4) is 0 Å². The first-order valence-corrected chi connectivity index (χ1v) is 7.62. The lowest BCUT2D eigenvalue weighted by atomic mass is 10.1. The number of carbonyl (C=O) groups is 3. The molecule has 1 unspecified atom stereocenters. The Balaban J connectivity index is 2.55. The number of halogens is 3. The summed E-state index contributed by atoms with van der Waals surface area (Å²) >= 11 is 0. The Labute approximate surface area is 142 Å². The van der Waals surface area contributed by atoms with Gasteiger partial charge in [-0.15, -0.1) is 0 Å². The molecule has 0 heterocycles. The summed E-state index contributed by atoms with van der Waals surface area (Å²) in [6, 6.07) is 2.48. The molecule has 1 atom stereocenters. The Hall–Kier alpha value is -2.58. The normalized spacial score (nSPS) is 12.3. The maximum Gasteiger partial charge on any atom is 0.416 e. The topological polar surface area (TPSA) is 95.5 Å². The third-order valence-corrected chi connectivity index (χ3v) is 3.36. The Bertz CT molecular complexity index is 615. The molecule has 0 radical (unpaired) electrons. The molecule has 0 saturated heterocycles. The van der Waals surface area contributed by atoms with Crippen molar-refractivity contribution in [3.05, 3.63) is 35.4 Å². The monoisotopic (exact) mass is 360 g/mol. The standard InChI is InChI=1S/C16H19F3N2O4/c1-2-3-4-12(15(24)25)21-13(22)9-20-14(23)10-5-7-11(8-6-10)16(17,18)19/h5-8,12H,2-4,9H2,1H3,(H,20,23)(H,21,22)(H,24,25). The van der Waals surface area contributed by atoms with E-state index in [0.29, 0.717) is 6.42 Å². The van der Waals surface area contributed by atoms with E-state index in [1.807, 2.05) is 6.92 Å². The van der Waals surface area contributed by atoms with E-state index in [1.54, 1.807) is 0 Å². The van der Waals surface area contributed by atoms with Gasteiger partial charge in [0.2, 0.25) is 5.91 Å². The van der Waals surface area contributed by atoms with Crippen LogP contribution in [-0.4, -0.2) is 35.5 Å². The van der Waals surface area contributed by atoms with E-state index in [2.05, 4.69) is 10.6 Å². The largest absolute Gasteiger partial charge is 0.480 e. The predicted octanol–water partition coefficient (Wildman–Crippen LogP) is 2.19. The Morgan fingerprint density at radius 3 is 2.24 bits per heavy atom. The van der Waals surface area contributed by atoms with Gasteiger partial charge in [-0.2, -0.15) is 13.2 Å². The van der Waals surface area contributed by atoms with Crippen LogP contribution < -0.4 is 10.6 Å². The molecule has 0 aliphatic heterocycles. The van der Waals surface area contributed by atoms with Crippen molar-refractivity contribution in [1.29, 1.82) is 0 Å². The average Bonchev–Trinajstić information content (AvgIpc) is 2.55. The van der Waals surface area contributed by atoms with E-state index < -0.39 is 42.1 Å². The molecular weight excluding hydrogens is 341 g/mol. The van der Waals surface area contributed by atoms with Gasteiger partial charge in [0.25, 0.3) is 5.91 Å². The van der Waals surface area contributed by atoms with Gasteiger partial charge in [-0.1, -0.05) is 19.8 Å². The van der Waals surface area contributed by atoms with Crippen LogP contribution in [0.2, 0.25) is 0 Å². The minimum Gasteiger partial charge on any atom is -0.480 e. The van der Waals surface area contributed by atoms with Crippen LogP contribution in [0.25, 0.3) is 0 Å². The number of rotatable bonds is 8. The highest BCUT2D eigenvalue weighted by atomic mass is 19.4. The second kappa shape index (κ2) is 9.05. The number of hydrogen-bond donors (Lipinski definition) is 3. The van der Waals surface area contributed by atoms with Crippen LogP contribution in [0.5, 0.6) is 0 Å². The van der Waals surface area contributed by atoms with Gasteiger partial charge in [0.15, 0.2) is 0 Å². The van der Waals surface area contributed by atoms with Crippen molar-refractivity contribution < 1.29 is 32.7 Å². The van der Waals surface area contributed by atoms with Crippen molar-refractivity contribution in [3.8, 4) is 0 Å². The molecule has 0 fully saturated rings. The van der Waals surface area contributed by atoms with Crippen LogP contribution in [0.15, 0.2) is 24.3 Å². The van der Waals surface area contributed by atoms with E-state index in [1.165, 1.54) is 0 Å². The Morgan fingerprint density at radius 1 is 1.16 bits per heavy atom. The molecule has 0 spiro atoms. The summed E-state index contributed by atoms with van der Waals surface area (Å²) in [7, 11) is 0. The van der Waals surface area contributed by atoms with E-state index in [4.69, 9.17) is 5.11 Å². The first-order valence-electron chi connectivity index (χ1n) is 7.62. The summed E-state index contributed by atoms with van der Waals surface area (Å²) in [5, 5.41) is 13.5. The van der Waals surface area contributed by atoms with Gasteiger partial charge in [-0.05, 0) is 30.7 Å². The highest BCUT2D eigenvalue weighted by Crippen LogP contribution is 2.29. The second-order valence-electron chi connectivity index (χ2n) is 5.36. The maximum absolute atomic E-state index is 12.4. The predicted molar refractivity (Wildman–Crippen MR) is 82.9 cm³/mol. The van der Waals surface area contributed by atoms with Gasteiger partial charge in [0.05, 0.1) is 12.1 Å². The number of hydrogen-bond acceptors (Lipinski definition) is 3. The average molecular weight is 360 g/mol. The van der Waals surface area contributed by atoms with Crippen molar-refractivity contribution in [1.82, 2.24) is 10.6 Å². The first-order chi connectivity index (χ1) is 11.6. The molecule has 9 heteroatoms. The Kier molecular flexibility index (Phi) is 7.41. The van der Waals surface area contributed by atoms with Crippen molar-refractivity contribution in [2.45, 2.75) is 38.4 Å². The van der Waals surface area contributed by atoms with Gasteiger partial charge < -0.3 is 15.7 Å². The van der Waals surface area contributed by atoms with Crippen LogP contribution in [0.4, 0.5) is 13.2 Å². The molecule has 0 bridgehead atoms. The number of nitrogens with one attached hydrogen (secondary N) is 2. The second-order valence-corrected chi connectivity index (χ2v) is 5.36. The molecule has 25 heavy (non-hydrogen) atoms. The fraction of sp³-hybridized carbons (Fsp3) is 0.438. The van der Waals surface area contributed by atoms with Gasteiger partial charge in [-0.25, -0.2) is 4.79 Å². The van der Waals surface area contributed by atoms with Crippen molar-refractivity contribution >= 4 is 17.8 Å². The zero-order valence-corrected chi connectivity index (χ0v) is 13.5. The van der Waals surface area contributed by atoms with E-state index in [0.717, 1.165) is 30.7 Å². The maximum atomic E-state index is 12.4. The van der Waals surface area contributed by atoms with Crippen molar-refractivity contribution in [2.24, 2.45) is 0 Å². The molecule has 0 aromatic heterocycles. The summed E-state index contributed by atoms with van der Waals surface area (Å²) in [5.41, 5.74) is -0.927. The molecule has 1 rings (SSSR count). The smallest absolute Gasteiger partial charge is 0.416 e. The van der Waals surface area contributed by atoms with E-state index in [9.17, 15) is 27.6 Å². The molecule has 0 saturated carbocycles. The zero-order chi connectivity index (χ0) is 19.0. The minimum atomic E-state index is -4.50. The molecule has 1 aromatic rings. The quantitative estimate of drug-likeness (QED) is 0.662. The third-order valence-electron chi connectivity index (χ3n) is 3.36. The van der Waals surface area contributed by atoms with Gasteiger partial charge in [0, 0.05) is 5.56 Å². The lowest BCUT2D eigenvalue weighted by molar-refractivity contribution is -0.142. The summed E-state index contributed by atoms with van der Waals surface area (Å²) in [6.45, 7) is 1.40. The molecule has 0 aliphatic rings. The summed E-state index contributed by atoms with van der Waals surface area (Å²) < 4.78 is 37.3. The van der Waals surface area contributed by atoms with Crippen molar-refractivity contribution in [3.63, 3.8) is 0 Å². The highest BCUT2D eigenvalue weighted by molar-refractivity contribution is 5.96. The number of unbranched alkanes of at least 4 members (excludes halogenated alkanes) is 1. The van der Waals surface area contributed by atoms with Gasteiger partial charge in [-0.3, -0.25) is 9.59 Å². The first kappa shape index (κ1) is 20.5. The molecule has 2 amide bonds. The van der Waals surface area contributed by atoms with Crippen LogP contribution >= 0.6 is 0 Å². The number of alkyl halides is 3. The molecule has 138 valence electrons. The zero-order valence-electron chi connectivity index (χ0n) is 13.5. The van der Waals surface area contributed by atoms with E-state index in [-0.39, 0.29) is 12.0 Å². The number of carbonyl (C=O) groups excluding carboxylic acids is 2. The summed E-state index contributed by atoms with van der Waals surface area (Å²) in [4.78, 5) is 34.5. The van der Waals surface area contributed by atoms with Gasteiger partial charge in [0.1, 0.15) is 6.04 Å². The SMILES string of the molecule is CCCCC(NC(=O)CNC(=O)c1ccc(C(F)(F)F)cc1)C(=O)O. The highest BCUT2D eigenvalue weighted by Gasteiger charge is 2.30. The molecule has 0 aliphatic carbocycles.